The molecule has 0 saturated carbocycles. The van der Waals surface area contributed by atoms with Gasteiger partial charge in [-0.25, -0.2) is 0 Å². The quantitative estimate of drug-likeness (QED) is 0.920. The summed E-state index contributed by atoms with van der Waals surface area (Å²) in [5.41, 5.74) is 2.51. The van der Waals surface area contributed by atoms with E-state index < -0.39 is 0 Å². The van der Waals surface area contributed by atoms with Gasteiger partial charge in [-0.3, -0.25) is 9.59 Å². The fourth-order valence-electron chi connectivity index (χ4n) is 2.63. The summed E-state index contributed by atoms with van der Waals surface area (Å²) in [5.74, 6) is 0.0532. The smallest absolute Gasteiger partial charge is 0.255 e. The van der Waals surface area contributed by atoms with Gasteiger partial charge in [-0.2, -0.15) is 0 Å². The number of nitrogens with zero attached hydrogens (tertiary/aromatic N) is 2. The molecule has 0 unspecified atom stereocenters. The summed E-state index contributed by atoms with van der Waals surface area (Å²) >= 11 is 0. The molecular weight excluding hydrogens is 278 g/mol. The Morgan fingerprint density at radius 2 is 1.41 bits per heavy atom. The summed E-state index contributed by atoms with van der Waals surface area (Å²) in [6.45, 7) is 4.29. The van der Waals surface area contributed by atoms with Gasteiger partial charge in [0.1, 0.15) is 0 Å². The average molecular weight is 297 g/mol. The first-order chi connectivity index (χ1) is 10.6. The molecule has 2 heterocycles. The number of aromatic amines is 1. The number of amides is 2. The van der Waals surface area contributed by atoms with Crippen LogP contribution in [0.1, 0.15) is 26.3 Å². The number of H-pyrrole nitrogens is 1. The zero-order chi connectivity index (χ0) is 15.5. The van der Waals surface area contributed by atoms with Gasteiger partial charge < -0.3 is 14.8 Å². The molecule has 114 valence electrons. The lowest BCUT2D eigenvalue weighted by atomic mass is 10.1. The Morgan fingerprint density at radius 3 is 1.91 bits per heavy atom. The van der Waals surface area contributed by atoms with Crippen LogP contribution < -0.4 is 0 Å². The molecule has 0 aliphatic carbocycles. The van der Waals surface area contributed by atoms with E-state index in [2.05, 4.69) is 4.98 Å². The van der Waals surface area contributed by atoms with Gasteiger partial charge in [0.05, 0.1) is 5.56 Å². The number of aryl methyl sites for hydroxylation is 1. The lowest BCUT2D eigenvalue weighted by molar-refractivity contribution is 0.0535. The van der Waals surface area contributed by atoms with E-state index >= 15 is 0 Å². The third-order valence-corrected chi connectivity index (χ3v) is 4.00. The Kier molecular flexibility index (Phi) is 3.96. The van der Waals surface area contributed by atoms with Gasteiger partial charge in [-0.05, 0) is 25.1 Å². The van der Waals surface area contributed by atoms with Crippen LogP contribution in [0.3, 0.4) is 0 Å². The van der Waals surface area contributed by atoms with Crippen LogP contribution in [0.2, 0.25) is 0 Å². The van der Waals surface area contributed by atoms with Gasteiger partial charge in [0.15, 0.2) is 0 Å². The molecule has 2 amide bonds. The van der Waals surface area contributed by atoms with Crippen LogP contribution in [0.15, 0.2) is 42.7 Å². The van der Waals surface area contributed by atoms with E-state index in [0.717, 1.165) is 5.56 Å². The maximum atomic E-state index is 12.4. The fraction of sp³-hybridized carbons (Fsp3) is 0.294. The Morgan fingerprint density at radius 1 is 0.864 bits per heavy atom. The predicted octanol–water partition coefficient (Wildman–Crippen LogP) is 1.92. The number of carbonyl (C=O) groups excluding carboxylic acids is 2. The van der Waals surface area contributed by atoms with Crippen molar-refractivity contribution in [2.24, 2.45) is 0 Å². The lowest BCUT2D eigenvalue weighted by Gasteiger charge is -2.34. The van der Waals surface area contributed by atoms with Gasteiger partial charge in [0.2, 0.25) is 0 Å². The molecule has 3 rings (SSSR count). The summed E-state index contributed by atoms with van der Waals surface area (Å²) in [7, 11) is 0. The van der Waals surface area contributed by atoms with Crippen molar-refractivity contribution >= 4 is 11.8 Å². The van der Waals surface area contributed by atoms with E-state index in [1.54, 1.807) is 23.4 Å². The van der Waals surface area contributed by atoms with Crippen molar-refractivity contribution in [3.63, 3.8) is 0 Å². The first-order valence-electron chi connectivity index (χ1n) is 7.43. The monoisotopic (exact) mass is 297 g/mol. The number of rotatable bonds is 2. The van der Waals surface area contributed by atoms with Crippen LogP contribution >= 0.6 is 0 Å². The second-order valence-electron chi connectivity index (χ2n) is 5.55. The number of hydrogen-bond acceptors (Lipinski definition) is 2. The van der Waals surface area contributed by atoms with Crippen molar-refractivity contribution in [1.82, 2.24) is 14.8 Å². The molecular formula is C17H19N3O2. The van der Waals surface area contributed by atoms with Crippen LogP contribution in [0.5, 0.6) is 0 Å². The third-order valence-electron chi connectivity index (χ3n) is 4.00. The molecule has 5 nitrogen and oxygen atoms in total. The third kappa shape index (κ3) is 2.88. The fourth-order valence-corrected chi connectivity index (χ4v) is 2.63. The molecule has 1 aliphatic heterocycles. The van der Waals surface area contributed by atoms with Crippen LogP contribution in [0.4, 0.5) is 0 Å². The number of benzene rings is 1. The van der Waals surface area contributed by atoms with Crippen LogP contribution in [-0.4, -0.2) is 52.8 Å². The molecule has 1 aliphatic rings. The normalized spacial score (nSPS) is 15.0. The molecule has 2 aromatic rings. The second kappa shape index (κ2) is 6.05. The van der Waals surface area contributed by atoms with E-state index in [1.165, 1.54) is 0 Å². The molecule has 1 fully saturated rings. The molecule has 1 N–H and O–H groups in total. The standard InChI is InChI=1S/C17H19N3O2/c1-13-2-4-14(5-3-13)16(21)19-8-10-20(11-9-19)17(22)15-6-7-18-12-15/h2-7,12,18H,8-11H2,1H3. The number of piperazine rings is 1. The molecule has 1 aromatic heterocycles. The van der Waals surface area contributed by atoms with Crippen molar-refractivity contribution in [3.8, 4) is 0 Å². The van der Waals surface area contributed by atoms with Crippen molar-refractivity contribution in [2.75, 3.05) is 26.2 Å². The molecule has 0 bridgehead atoms. The van der Waals surface area contributed by atoms with E-state index in [1.807, 2.05) is 36.1 Å². The topological polar surface area (TPSA) is 56.4 Å². The number of carbonyl (C=O) groups is 2. The van der Waals surface area contributed by atoms with Crippen molar-refractivity contribution < 1.29 is 9.59 Å². The van der Waals surface area contributed by atoms with E-state index in [4.69, 9.17) is 0 Å². The molecule has 1 aromatic carbocycles. The minimum absolute atomic E-state index is 0.0173. The largest absolute Gasteiger partial charge is 0.367 e. The number of aromatic nitrogens is 1. The molecule has 5 heteroatoms. The molecule has 0 atom stereocenters. The number of nitrogens with one attached hydrogen (secondary N) is 1. The van der Waals surface area contributed by atoms with Gasteiger partial charge in [0.25, 0.3) is 11.8 Å². The minimum Gasteiger partial charge on any atom is -0.367 e. The maximum Gasteiger partial charge on any atom is 0.255 e. The zero-order valence-corrected chi connectivity index (χ0v) is 12.6. The van der Waals surface area contributed by atoms with Gasteiger partial charge >= 0.3 is 0 Å². The van der Waals surface area contributed by atoms with E-state index in [9.17, 15) is 9.59 Å². The van der Waals surface area contributed by atoms with Crippen molar-refractivity contribution in [1.29, 1.82) is 0 Å². The average Bonchev–Trinajstić information content (AvgIpc) is 3.09. The first-order valence-corrected chi connectivity index (χ1v) is 7.43. The molecule has 1 saturated heterocycles. The van der Waals surface area contributed by atoms with Crippen molar-refractivity contribution in [2.45, 2.75) is 6.92 Å². The van der Waals surface area contributed by atoms with Crippen LogP contribution in [-0.2, 0) is 0 Å². The van der Waals surface area contributed by atoms with Gasteiger partial charge in [0, 0.05) is 44.1 Å². The Hall–Kier alpha value is -2.56. The molecule has 0 spiro atoms. The summed E-state index contributed by atoms with van der Waals surface area (Å²) in [6.07, 6.45) is 3.44. The van der Waals surface area contributed by atoms with E-state index in [-0.39, 0.29) is 11.8 Å². The van der Waals surface area contributed by atoms with Crippen LogP contribution in [0, 0.1) is 6.92 Å². The second-order valence-corrected chi connectivity index (χ2v) is 5.55. The molecule has 22 heavy (non-hydrogen) atoms. The summed E-state index contributed by atoms with van der Waals surface area (Å²) < 4.78 is 0. The summed E-state index contributed by atoms with van der Waals surface area (Å²) in [6, 6.07) is 9.37. The Balaban J connectivity index is 1.60. The van der Waals surface area contributed by atoms with E-state index in [0.29, 0.717) is 37.3 Å². The Bertz CT molecular complexity index is 654. The van der Waals surface area contributed by atoms with Crippen LogP contribution in [0.25, 0.3) is 0 Å². The molecule has 0 radical (unpaired) electrons. The highest BCUT2D eigenvalue weighted by atomic mass is 16.2. The zero-order valence-electron chi connectivity index (χ0n) is 12.6. The highest BCUT2D eigenvalue weighted by Crippen LogP contribution is 2.12. The summed E-state index contributed by atoms with van der Waals surface area (Å²) in [4.78, 5) is 31.2. The lowest BCUT2D eigenvalue weighted by Crippen LogP contribution is -2.50. The van der Waals surface area contributed by atoms with Gasteiger partial charge in [-0.1, -0.05) is 17.7 Å². The highest BCUT2D eigenvalue weighted by Gasteiger charge is 2.25. The first kappa shape index (κ1) is 14.4. The minimum atomic E-state index is 0.0173. The number of hydrogen-bond donors (Lipinski definition) is 1. The Labute approximate surface area is 129 Å². The van der Waals surface area contributed by atoms with Crippen molar-refractivity contribution in [3.05, 3.63) is 59.4 Å². The summed E-state index contributed by atoms with van der Waals surface area (Å²) in [5, 5.41) is 0. The SMILES string of the molecule is Cc1ccc(C(=O)N2CCN(C(=O)c3cc[nH]c3)CC2)cc1. The van der Waals surface area contributed by atoms with Gasteiger partial charge in [-0.15, -0.1) is 0 Å². The highest BCUT2D eigenvalue weighted by molar-refractivity contribution is 5.95. The predicted molar refractivity (Wildman–Crippen MR) is 83.8 cm³/mol. The maximum absolute atomic E-state index is 12.4.